The molecule has 0 saturated carbocycles. The molecular weight excluding hydrogens is 478 g/mol. The second-order valence-corrected chi connectivity index (χ2v) is 11.5. The Hall–Kier alpha value is -2.32. The van der Waals surface area contributed by atoms with Gasteiger partial charge in [0.05, 0.1) is 16.9 Å². The number of piperidine rings is 1. The summed E-state index contributed by atoms with van der Waals surface area (Å²) in [4.78, 5) is 12.4. The van der Waals surface area contributed by atoms with Gasteiger partial charge in [-0.25, -0.2) is 8.42 Å². The van der Waals surface area contributed by atoms with Crippen molar-refractivity contribution in [3.8, 4) is 0 Å². The van der Waals surface area contributed by atoms with Crippen molar-refractivity contribution >= 4 is 39.4 Å². The number of rotatable bonds is 7. The SMILES string of the molecule is O=C(O)[C@@H]1CN(S(=O)(=O)c2ccccc2)[C@H](c2ccc(Cl)cc2)C[C@H]1SCc1ccccc1. The Morgan fingerprint density at radius 2 is 1.58 bits per heavy atom. The number of hydrogen-bond donors (Lipinski definition) is 1. The third-order valence-electron chi connectivity index (χ3n) is 5.86. The highest BCUT2D eigenvalue weighted by atomic mass is 35.5. The van der Waals surface area contributed by atoms with Crippen molar-refractivity contribution in [3.05, 3.63) is 101 Å². The van der Waals surface area contributed by atoms with Crippen LogP contribution >= 0.6 is 23.4 Å². The van der Waals surface area contributed by atoms with Gasteiger partial charge in [-0.15, -0.1) is 0 Å². The molecule has 0 spiro atoms. The largest absolute Gasteiger partial charge is 0.481 e. The number of sulfonamides is 1. The molecule has 1 aliphatic heterocycles. The van der Waals surface area contributed by atoms with E-state index in [9.17, 15) is 18.3 Å². The number of thioether (sulfide) groups is 1. The molecule has 0 aromatic heterocycles. The molecule has 0 amide bonds. The lowest BCUT2D eigenvalue weighted by molar-refractivity contribution is -0.143. The molecule has 1 N–H and O–H groups in total. The van der Waals surface area contributed by atoms with E-state index in [1.165, 1.54) is 4.31 Å². The Kier molecular flexibility index (Phi) is 7.44. The maximum Gasteiger partial charge on any atom is 0.308 e. The maximum absolute atomic E-state index is 13.6. The second-order valence-electron chi connectivity index (χ2n) is 7.97. The van der Waals surface area contributed by atoms with Crippen molar-refractivity contribution in [1.29, 1.82) is 0 Å². The average molecular weight is 502 g/mol. The fourth-order valence-electron chi connectivity index (χ4n) is 4.12. The summed E-state index contributed by atoms with van der Waals surface area (Å²) in [6, 6.07) is 24.7. The van der Waals surface area contributed by atoms with Gasteiger partial charge in [-0.1, -0.05) is 72.3 Å². The summed E-state index contributed by atoms with van der Waals surface area (Å²) >= 11 is 7.64. The van der Waals surface area contributed by atoms with Gasteiger partial charge < -0.3 is 5.11 Å². The van der Waals surface area contributed by atoms with Gasteiger partial charge in [-0.3, -0.25) is 4.79 Å². The van der Waals surface area contributed by atoms with Gasteiger partial charge >= 0.3 is 5.97 Å². The molecule has 172 valence electrons. The van der Waals surface area contributed by atoms with Crippen LogP contribution in [-0.4, -0.2) is 35.6 Å². The zero-order valence-electron chi connectivity index (χ0n) is 17.7. The molecule has 1 heterocycles. The normalized spacial score (nSPS) is 21.5. The first-order valence-corrected chi connectivity index (χ1v) is 13.4. The first-order valence-electron chi connectivity index (χ1n) is 10.6. The summed E-state index contributed by atoms with van der Waals surface area (Å²) in [7, 11) is -3.90. The van der Waals surface area contributed by atoms with E-state index in [2.05, 4.69) is 0 Å². The molecule has 33 heavy (non-hydrogen) atoms. The monoisotopic (exact) mass is 501 g/mol. The van der Waals surface area contributed by atoms with Crippen LogP contribution in [0.25, 0.3) is 0 Å². The minimum atomic E-state index is -3.90. The molecule has 3 aromatic carbocycles. The summed E-state index contributed by atoms with van der Waals surface area (Å²) in [5.41, 5.74) is 1.90. The zero-order chi connectivity index (χ0) is 23.4. The van der Waals surface area contributed by atoms with E-state index < -0.39 is 28.0 Å². The summed E-state index contributed by atoms with van der Waals surface area (Å²) in [6.07, 6.45) is 0.391. The highest BCUT2D eigenvalue weighted by Gasteiger charge is 2.45. The molecule has 3 atom stereocenters. The van der Waals surface area contributed by atoms with Crippen LogP contribution in [0, 0.1) is 5.92 Å². The van der Waals surface area contributed by atoms with Crippen molar-refractivity contribution < 1.29 is 18.3 Å². The van der Waals surface area contributed by atoms with Crippen LogP contribution in [0.3, 0.4) is 0 Å². The van der Waals surface area contributed by atoms with Gasteiger partial charge in [0.25, 0.3) is 0 Å². The molecule has 0 unspecified atom stereocenters. The van der Waals surface area contributed by atoms with Gasteiger partial charge in [0.15, 0.2) is 0 Å². The highest BCUT2D eigenvalue weighted by molar-refractivity contribution is 7.99. The van der Waals surface area contributed by atoms with Gasteiger partial charge in [0, 0.05) is 22.6 Å². The minimum Gasteiger partial charge on any atom is -0.481 e. The fourth-order valence-corrected chi connectivity index (χ4v) is 7.27. The minimum absolute atomic E-state index is 0.0910. The molecule has 4 rings (SSSR count). The summed E-state index contributed by atoms with van der Waals surface area (Å²) < 4.78 is 28.5. The van der Waals surface area contributed by atoms with E-state index in [-0.39, 0.29) is 16.7 Å². The van der Waals surface area contributed by atoms with Crippen molar-refractivity contribution in [1.82, 2.24) is 4.31 Å². The summed E-state index contributed by atoms with van der Waals surface area (Å²) in [5, 5.41) is 10.3. The van der Waals surface area contributed by atoms with E-state index in [4.69, 9.17) is 11.6 Å². The van der Waals surface area contributed by atoms with Gasteiger partial charge in [0.1, 0.15) is 0 Å². The Bertz CT molecular complexity index is 1190. The fraction of sp³-hybridized carbons (Fsp3) is 0.240. The number of carbonyl (C=O) groups is 1. The Balaban J connectivity index is 1.69. The molecular formula is C25H24ClNO4S2. The van der Waals surface area contributed by atoms with Crippen LogP contribution in [0.15, 0.2) is 89.8 Å². The zero-order valence-corrected chi connectivity index (χ0v) is 20.1. The average Bonchev–Trinajstić information content (AvgIpc) is 2.84. The highest BCUT2D eigenvalue weighted by Crippen LogP contribution is 2.43. The number of benzene rings is 3. The van der Waals surface area contributed by atoms with Crippen LogP contribution in [0.4, 0.5) is 0 Å². The standard InChI is InChI=1S/C25H24ClNO4S2/c26-20-13-11-19(12-14-20)23-15-24(32-17-18-7-3-1-4-8-18)22(25(28)29)16-27(23)33(30,31)21-9-5-2-6-10-21/h1-14,22-24H,15-17H2,(H,28,29)/t22-,23+,24-/m1/s1. The molecule has 0 radical (unpaired) electrons. The maximum atomic E-state index is 13.6. The summed E-state index contributed by atoms with van der Waals surface area (Å²) in [6.45, 7) is -0.0910. The lowest BCUT2D eigenvalue weighted by atomic mass is 9.90. The Morgan fingerprint density at radius 1 is 0.970 bits per heavy atom. The third kappa shape index (κ3) is 5.44. The van der Waals surface area contributed by atoms with E-state index >= 15 is 0 Å². The lowest BCUT2D eigenvalue weighted by Crippen LogP contribution is -2.49. The van der Waals surface area contributed by atoms with Crippen LogP contribution in [0.1, 0.15) is 23.6 Å². The van der Waals surface area contributed by atoms with Crippen molar-refractivity contribution in [3.63, 3.8) is 0 Å². The van der Waals surface area contributed by atoms with Crippen LogP contribution in [0.5, 0.6) is 0 Å². The van der Waals surface area contributed by atoms with Gasteiger partial charge in [0.2, 0.25) is 10.0 Å². The molecule has 1 saturated heterocycles. The van der Waals surface area contributed by atoms with E-state index in [0.717, 1.165) is 11.1 Å². The summed E-state index contributed by atoms with van der Waals surface area (Å²) in [5.74, 6) is -1.14. The third-order valence-corrected chi connectivity index (χ3v) is 9.45. The molecule has 1 aliphatic rings. The Labute approximate surface area is 203 Å². The predicted octanol–water partition coefficient (Wildman–Crippen LogP) is 5.48. The van der Waals surface area contributed by atoms with Crippen LogP contribution < -0.4 is 0 Å². The van der Waals surface area contributed by atoms with Gasteiger partial charge in [-0.05, 0) is 41.8 Å². The number of carboxylic acids is 1. The quantitative estimate of drug-likeness (QED) is 0.464. The molecule has 3 aromatic rings. The number of halogens is 1. The number of hydrogen-bond acceptors (Lipinski definition) is 4. The first kappa shape index (κ1) is 23.8. The number of aliphatic carboxylic acids is 1. The second kappa shape index (κ2) is 10.3. The Morgan fingerprint density at radius 3 is 2.18 bits per heavy atom. The number of nitrogens with zero attached hydrogens (tertiary/aromatic N) is 1. The van der Waals surface area contributed by atoms with E-state index in [1.54, 1.807) is 54.2 Å². The van der Waals surface area contributed by atoms with Crippen LogP contribution in [0.2, 0.25) is 5.02 Å². The molecule has 0 bridgehead atoms. The van der Waals surface area contributed by atoms with E-state index in [0.29, 0.717) is 17.2 Å². The molecule has 0 aliphatic carbocycles. The smallest absolute Gasteiger partial charge is 0.308 e. The van der Waals surface area contributed by atoms with Crippen LogP contribution in [-0.2, 0) is 20.6 Å². The van der Waals surface area contributed by atoms with Crippen molar-refractivity contribution in [2.75, 3.05) is 6.54 Å². The van der Waals surface area contributed by atoms with Gasteiger partial charge in [-0.2, -0.15) is 16.1 Å². The van der Waals surface area contributed by atoms with Crippen molar-refractivity contribution in [2.45, 2.75) is 28.4 Å². The number of carboxylic acid groups (broad SMARTS) is 1. The molecule has 8 heteroatoms. The molecule has 5 nitrogen and oxygen atoms in total. The lowest BCUT2D eigenvalue weighted by Gasteiger charge is -2.41. The topological polar surface area (TPSA) is 74.7 Å². The molecule has 1 fully saturated rings. The first-order chi connectivity index (χ1) is 15.9. The predicted molar refractivity (Wildman–Crippen MR) is 132 cm³/mol. The van der Waals surface area contributed by atoms with E-state index in [1.807, 2.05) is 42.5 Å². The van der Waals surface area contributed by atoms with Crippen molar-refractivity contribution in [2.24, 2.45) is 5.92 Å².